The van der Waals surface area contributed by atoms with Gasteiger partial charge in [0.2, 0.25) is 0 Å². The van der Waals surface area contributed by atoms with Crippen molar-refractivity contribution in [2.45, 2.75) is 45.6 Å². The molecule has 0 spiro atoms. The van der Waals surface area contributed by atoms with E-state index in [1.54, 1.807) is 18.6 Å². The molecule has 18 heavy (non-hydrogen) atoms. The zero-order valence-corrected chi connectivity index (χ0v) is 11.3. The van der Waals surface area contributed by atoms with Gasteiger partial charge in [0.1, 0.15) is 11.4 Å². The summed E-state index contributed by atoms with van der Waals surface area (Å²) >= 11 is 0. The van der Waals surface area contributed by atoms with Gasteiger partial charge in [-0.15, -0.1) is 0 Å². The van der Waals surface area contributed by atoms with Gasteiger partial charge in [-0.2, -0.15) is 0 Å². The second kappa shape index (κ2) is 4.88. The van der Waals surface area contributed by atoms with Crippen molar-refractivity contribution in [1.82, 2.24) is 0 Å². The van der Waals surface area contributed by atoms with Crippen molar-refractivity contribution in [2.24, 2.45) is 17.8 Å². The molecule has 1 aromatic heterocycles. The molecule has 0 saturated heterocycles. The number of Topliss-reactive ketones (excluding diaryl/α,β-unsaturated/α-hetero) is 1. The quantitative estimate of drug-likeness (QED) is 0.893. The van der Waals surface area contributed by atoms with Crippen LogP contribution in [0, 0.1) is 17.8 Å². The van der Waals surface area contributed by atoms with Crippen molar-refractivity contribution < 1.29 is 14.3 Å². The number of hydrogen-bond acceptors (Lipinski definition) is 3. The molecule has 3 nitrogen and oxygen atoms in total. The Hall–Kier alpha value is -1.09. The van der Waals surface area contributed by atoms with Crippen molar-refractivity contribution in [3.63, 3.8) is 0 Å². The average molecular weight is 250 g/mol. The number of rotatable bonds is 4. The minimum Gasteiger partial charge on any atom is -0.472 e. The van der Waals surface area contributed by atoms with Crippen molar-refractivity contribution in [3.8, 4) is 0 Å². The molecule has 100 valence electrons. The van der Waals surface area contributed by atoms with E-state index in [4.69, 9.17) is 4.42 Å². The lowest BCUT2D eigenvalue weighted by atomic mass is 9.77. The highest BCUT2D eigenvalue weighted by atomic mass is 16.3. The van der Waals surface area contributed by atoms with Crippen LogP contribution >= 0.6 is 0 Å². The molecule has 0 unspecified atom stereocenters. The Kier molecular flexibility index (Phi) is 3.62. The van der Waals surface area contributed by atoms with Crippen LogP contribution in [0.4, 0.5) is 0 Å². The van der Waals surface area contributed by atoms with Gasteiger partial charge in [-0.1, -0.05) is 20.8 Å². The predicted molar refractivity (Wildman–Crippen MR) is 69.0 cm³/mol. The topological polar surface area (TPSA) is 50.4 Å². The van der Waals surface area contributed by atoms with Crippen LogP contribution < -0.4 is 0 Å². The van der Waals surface area contributed by atoms with E-state index in [0.29, 0.717) is 18.8 Å². The normalized spacial score (nSPS) is 32.1. The summed E-state index contributed by atoms with van der Waals surface area (Å²) in [7, 11) is 0. The number of ketones is 1. The number of carbonyl (C=O) groups excluding carboxylic acids is 1. The van der Waals surface area contributed by atoms with Crippen LogP contribution in [-0.4, -0.2) is 10.9 Å². The number of hydrogen-bond donors (Lipinski definition) is 1. The zero-order chi connectivity index (χ0) is 13.3. The Morgan fingerprint density at radius 1 is 1.61 bits per heavy atom. The van der Waals surface area contributed by atoms with E-state index in [9.17, 15) is 9.90 Å². The van der Waals surface area contributed by atoms with Gasteiger partial charge in [-0.25, -0.2) is 0 Å². The fraction of sp³-hybridized carbons (Fsp3) is 0.667. The summed E-state index contributed by atoms with van der Waals surface area (Å²) in [6.45, 7) is 6.13. The van der Waals surface area contributed by atoms with Crippen LogP contribution in [0.2, 0.25) is 0 Å². The van der Waals surface area contributed by atoms with Crippen LogP contribution in [0.1, 0.15) is 45.6 Å². The second-order valence-corrected chi connectivity index (χ2v) is 5.99. The fourth-order valence-corrected chi connectivity index (χ4v) is 3.19. The van der Waals surface area contributed by atoms with Gasteiger partial charge in [-0.3, -0.25) is 4.79 Å². The molecule has 1 aliphatic rings. The van der Waals surface area contributed by atoms with Gasteiger partial charge < -0.3 is 9.52 Å². The molecule has 1 N–H and O–H groups in total. The smallest absolute Gasteiger partial charge is 0.139 e. The predicted octanol–water partition coefficient (Wildman–Crippen LogP) is 3.13. The molecule has 0 amide bonds. The summed E-state index contributed by atoms with van der Waals surface area (Å²) in [6.07, 6.45) is 5.18. The van der Waals surface area contributed by atoms with E-state index in [1.807, 2.05) is 13.8 Å². The van der Waals surface area contributed by atoms with E-state index >= 15 is 0 Å². The SMILES string of the molecule is CC(C)CC(=O)[C@H]1[C@@H](C)CC[C@@]1(O)c1ccoc1. The third kappa shape index (κ3) is 2.24. The van der Waals surface area contributed by atoms with Crippen molar-refractivity contribution >= 4 is 5.78 Å². The first-order chi connectivity index (χ1) is 8.45. The molecule has 1 heterocycles. The van der Waals surface area contributed by atoms with Gasteiger partial charge in [0.15, 0.2) is 0 Å². The van der Waals surface area contributed by atoms with E-state index in [1.165, 1.54) is 0 Å². The van der Waals surface area contributed by atoms with E-state index in [0.717, 1.165) is 12.0 Å². The molecule has 1 aromatic rings. The molecule has 0 bridgehead atoms. The van der Waals surface area contributed by atoms with Crippen molar-refractivity contribution in [2.75, 3.05) is 0 Å². The Morgan fingerprint density at radius 3 is 2.89 bits per heavy atom. The molecule has 0 radical (unpaired) electrons. The lowest BCUT2D eigenvalue weighted by Crippen LogP contribution is -2.38. The average Bonchev–Trinajstić information content (AvgIpc) is 2.86. The monoisotopic (exact) mass is 250 g/mol. The molecule has 1 fully saturated rings. The lowest BCUT2D eigenvalue weighted by Gasteiger charge is -2.30. The van der Waals surface area contributed by atoms with Crippen molar-refractivity contribution in [3.05, 3.63) is 24.2 Å². The molecule has 3 atom stereocenters. The summed E-state index contributed by atoms with van der Waals surface area (Å²) < 4.78 is 5.07. The summed E-state index contributed by atoms with van der Waals surface area (Å²) in [4.78, 5) is 12.4. The second-order valence-electron chi connectivity index (χ2n) is 5.99. The molecular weight excluding hydrogens is 228 g/mol. The Balaban J connectivity index is 2.27. The molecular formula is C15H22O3. The molecule has 0 aliphatic heterocycles. The van der Waals surface area contributed by atoms with Gasteiger partial charge >= 0.3 is 0 Å². The highest BCUT2D eigenvalue weighted by Gasteiger charge is 2.50. The molecule has 1 aliphatic carbocycles. The highest BCUT2D eigenvalue weighted by molar-refractivity contribution is 5.83. The Bertz CT molecular complexity index is 407. The van der Waals surface area contributed by atoms with Gasteiger partial charge in [0.05, 0.1) is 18.4 Å². The highest BCUT2D eigenvalue weighted by Crippen LogP contribution is 2.48. The summed E-state index contributed by atoms with van der Waals surface area (Å²) in [5.41, 5.74) is -0.285. The first-order valence-electron chi connectivity index (χ1n) is 6.73. The Morgan fingerprint density at radius 2 is 2.33 bits per heavy atom. The van der Waals surface area contributed by atoms with Crippen LogP contribution in [0.25, 0.3) is 0 Å². The van der Waals surface area contributed by atoms with Gasteiger partial charge in [0.25, 0.3) is 0 Å². The Labute approximate surface area is 108 Å². The first kappa shape index (κ1) is 13.3. The molecule has 3 heteroatoms. The summed E-state index contributed by atoms with van der Waals surface area (Å²) in [6, 6.07) is 1.77. The summed E-state index contributed by atoms with van der Waals surface area (Å²) in [5.74, 6) is 0.450. The largest absolute Gasteiger partial charge is 0.472 e. The number of aliphatic hydroxyl groups is 1. The fourth-order valence-electron chi connectivity index (χ4n) is 3.19. The zero-order valence-electron chi connectivity index (χ0n) is 11.3. The lowest BCUT2D eigenvalue weighted by molar-refractivity contribution is -0.133. The van der Waals surface area contributed by atoms with Crippen LogP contribution in [0.3, 0.4) is 0 Å². The number of carbonyl (C=O) groups is 1. The van der Waals surface area contributed by atoms with E-state index in [-0.39, 0.29) is 17.6 Å². The van der Waals surface area contributed by atoms with E-state index in [2.05, 4.69) is 6.92 Å². The van der Waals surface area contributed by atoms with Crippen LogP contribution in [-0.2, 0) is 10.4 Å². The van der Waals surface area contributed by atoms with Gasteiger partial charge in [0, 0.05) is 12.0 Å². The number of furan rings is 1. The first-order valence-corrected chi connectivity index (χ1v) is 6.73. The standard InChI is InChI=1S/C15H22O3/c1-10(2)8-13(16)14-11(3)4-6-15(14,17)12-5-7-18-9-12/h5,7,9-11,14,17H,4,6,8H2,1-3H3/t11-,14+,15+/m0/s1. The molecule has 0 aromatic carbocycles. The van der Waals surface area contributed by atoms with E-state index < -0.39 is 5.60 Å². The molecule has 2 rings (SSSR count). The van der Waals surface area contributed by atoms with Gasteiger partial charge in [-0.05, 0) is 30.7 Å². The third-order valence-corrected chi connectivity index (χ3v) is 4.04. The third-order valence-electron chi connectivity index (χ3n) is 4.04. The maximum Gasteiger partial charge on any atom is 0.139 e. The molecule has 1 saturated carbocycles. The maximum atomic E-state index is 12.4. The van der Waals surface area contributed by atoms with Crippen LogP contribution in [0.15, 0.2) is 23.0 Å². The summed E-state index contributed by atoms with van der Waals surface area (Å²) in [5, 5.41) is 10.9. The maximum absolute atomic E-state index is 12.4. The minimum absolute atomic E-state index is 0.179. The van der Waals surface area contributed by atoms with Crippen molar-refractivity contribution in [1.29, 1.82) is 0 Å². The van der Waals surface area contributed by atoms with Crippen LogP contribution in [0.5, 0.6) is 0 Å². The minimum atomic E-state index is -1.03.